The highest BCUT2D eigenvalue weighted by atomic mass is 35.5. The summed E-state index contributed by atoms with van der Waals surface area (Å²) in [5, 5.41) is 11.3. The van der Waals surface area contributed by atoms with Crippen molar-refractivity contribution in [2.75, 3.05) is 23.3 Å². The monoisotopic (exact) mass is 498 g/mol. The van der Waals surface area contributed by atoms with Gasteiger partial charge >= 0.3 is 12.1 Å². The third-order valence-corrected chi connectivity index (χ3v) is 5.78. The highest BCUT2D eigenvalue weighted by Gasteiger charge is 2.43. The van der Waals surface area contributed by atoms with E-state index in [9.17, 15) is 32.3 Å². The number of nitrogens with zero attached hydrogens (tertiary/aromatic N) is 3. The summed E-state index contributed by atoms with van der Waals surface area (Å²) in [6.07, 6.45) is -1.04. The zero-order chi connectivity index (χ0) is 24.6. The van der Waals surface area contributed by atoms with Crippen LogP contribution in [0.15, 0.2) is 41.3 Å². The first-order valence-electron chi connectivity index (χ1n) is 10.4. The minimum atomic E-state index is -4.95. The number of rotatable bonds is 5. The van der Waals surface area contributed by atoms with Gasteiger partial charge in [-0.3, -0.25) is 9.20 Å². The van der Waals surface area contributed by atoms with Crippen molar-refractivity contribution in [1.29, 1.82) is 0 Å². The van der Waals surface area contributed by atoms with Gasteiger partial charge in [0.05, 0.1) is 10.6 Å². The summed E-state index contributed by atoms with van der Waals surface area (Å²) in [7, 11) is 0. The Morgan fingerprint density at radius 3 is 2.50 bits per heavy atom. The molecule has 3 aromatic rings. The van der Waals surface area contributed by atoms with Crippen LogP contribution in [0.4, 0.5) is 29.1 Å². The summed E-state index contributed by atoms with van der Waals surface area (Å²) in [6, 6.07) is 2.15. The predicted molar refractivity (Wildman–Crippen MR) is 118 cm³/mol. The van der Waals surface area contributed by atoms with E-state index < -0.39 is 46.4 Å². The van der Waals surface area contributed by atoms with Crippen molar-refractivity contribution in [3.05, 3.63) is 68.8 Å². The number of piperidine rings is 1. The Morgan fingerprint density at radius 1 is 1.15 bits per heavy atom. The number of hydrogen-bond donors (Lipinski definition) is 2. The summed E-state index contributed by atoms with van der Waals surface area (Å²) < 4.78 is 57.3. The van der Waals surface area contributed by atoms with E-state index in [1.54, 1.807) is 0 Å². The molecule has 34 heavy (non-hydrogen) atoms. The summed E-state index contributed by atoms with van der Waals surface area (Å²) in [5.74, 6) is -2.28. The van der Waals surface area contributed by atoms with Crippen molar-refractivity contribution in [1.82, 2.24) is 9.38 Å². The lowest BCUT2D eigenvalue weighted by atomic mass is 10.1. The molecule has 1 saturated heterocycles. The standard InChI is InChI=1S/C22H19ClF4N4O3/c23-12-8-15(19(22(25,26)27)28-16-5-4-13(24)9-14(16)21(33)34)20-29-17(10-18(32)31(20)11-12)30-6-2-1-3-7-30/h4-5,8-11,19,28H,1-3,6-7H2,(H,33,34)/t19-/m0/s1. The van der Waals surface area contributed by atoms with E-state index in [0.717, 1.165) is 41.9 Å². The molecule has 0 saturated carbocycles. The number of alkyl halides is 3. The minimum absolute atomic E-state index is 0.147. The Kier molecular flexibility index (Phi) is 6.39. The first-order chi connectivity index (χ1) is 16.0. The lowest BCUT2D eigenvalue weighted by Crippen LogP contribution is -2.33. The summed E-state index contributed by atoms with van der Waals surface area (Å²) in [5.41, 5.74) is -2.49. The molecule has 180 valence electrons. The number of hydrogen-bond acceptors (Lipinski definition) is 5. The second kappa shape index (κ2) is 9.13. The zero-order valence-corrected chi connectivity index (χ0v) is 18.3. The molecule has 1 aromatic carbocycles. The van der Waals surface area contributed by atoms with Gasteiger partial charge in [0.1, 0.15) is 17.3 Å². The molecule has 0 aliphatic carbocycles. The van der Waals surface area contributed by atoms with Crippen LogP contribution in [0.3, 0.4) is 0 Å². The van der Waals surface area contributed by atoms with E-state index in [1.165, 1.54) is 12.3 Å². The van der Waals surface area contributed by atoms with Crippen LogP contribution >= 0.6 is 11.6 Å². The predicted octanol–water partition coefficient (Wildman–Crippen LogP) is 4.89. The van der Waals surface area contributed by atoms with Gasteiger partial charge in [-0.25, -0.2) is 14.2 Å². The molecule has 0 unspecified atom stereocenters. The third-order valence-electron chi connectivity index (χ3n) is 5.57. The summed E-state index contributed by atoms with van der Waals surface area (Å²) in [4.78, 5) is 30.5. The molecule has 7 nitrogen and oxygen atoms in total. The quantitative estimate of drug-likeness (QED) is 0.487. The van der Waals surface area contributed by atoms with Crippen LogP contribution in [0.1, 0.15) is 41.2 Å². The molecule has 0 radical (unpaired) electrons. The molecule has 4 rings (SSSR count). The topological polar surface area (TPSA) is 86.9 Å². The number of benzene rings is 1. The third kappa shape index (κ3) is 4.79. The number of aromatic nitrogens is 2. The van der Waals surface area contributed by atoms with Gasteiger partial charge in [0.15, 0.2) is 6.04 Å². The maximum atomic E-state index is 14.3. The van der Waals surface area contributed by atoms with Crippen LogP contribution in [0.5, 0.6) is 0 Å². The Morgan fingerprint density at radius 2 is 1.85 bits per heavy atom. The van der Waals surface area contributed by atoms with Gasteiger partial charge < -0.3 is 15.3 Å². The van der Waals surface area contributed by atoms with Crippen molar-refractivity contribution in [2.45, 2.75) is 31.5 Å². The largest absolute Gasteiger partial charge is 0.478 e. The van der Waals surface area contributed by atoms with E-state index in [-0.39, 0.29) is 16.5 Å². The van der Waals surface area contributed by atoms with Crippen molar-refractivity contribution in [2.24, 2.45) is 0 Å². The molecule has 1 atom stereocenters. The fourth-order valence-electron chi connectivity index (χ4n) is 3.99. The van der Waals surface area contributed by atoms with Crippen LogP contribution in [0.2, 0.25) is 5.02 Å². The van der Waals surface area contributed by atoms with E-state index in [0.29, 0.717) is 19.2 Å². The molecule has 2 N–H and O–H groups in total. The molecule has 2 aromatic heterocycles. The first-order valence-corrected chi connectivity index (χ1v) is 10.8. The summed E-state index contributed by atoms with van der Waals surface area (Å²) in [6.45, 7) is 1.23. The van der Waals surface area contributed by atoms with E-state index in [2.05, 4.69) is 10.3 Å². The van der Waals surface area contributed by atoms with Gasteiger partial charge in [-0.05, 0) is 43.5 Å². The molecule has 0 spiro atoms. The number of carboxylic acids is 1. The molecule has 0 amide bonds. The fourth-order valence-corrected chi connectivity index (χ4v) is 4.20. The van der Waals surface area contributed by atoms with Gasteiger partial charge in [-0.2, -0.15) is 13.2 Å². The van der Waals surface area contributed by atoms with Gasteiger partial charge in [0.2, 0.25) is 0 Å². The number of aromatic carboxylic acids is 1. The number of carboxylic acid groups (broad SMARTS) is 1. The van der Waals surface area contributed by atoms with Crippen LogP contribution in [0, 0.1) is 5.82 Å². The van der Waals surface area contributed by atoms with Crippen molar-refractivity contribution < 1.29 is 27.5 Å². The van der Waals surface area contributed by atoms with Crippen molar-refractivity contribution >= 4 is 34.7 Å². The molecule has 12 heteroatoms. The van der Waals surface area contributed by atoms with Crippen LogP contribution in [-0.2, 0) is 0 Å². The van der Waals surface area contributed by atoms with Crippen molar-refractivity contribution in [3.8, 4) is 0 Å². The maximum Gasteiger partial charge on any atom is 0.412 e. The smallest absolute Gasteiger partial charge is 0.412 e. The molecular formula is C22H19ClF4N4O3. The number of nitrogens with one attached hydrogen (secondary N) is 1. The number of halogens is 5. The normalized spacial score (nSPS) is 15.4. The van der Waals surface area contributed by atoms with E-state index in [4.69, 9.17) is 11.6 Å². The summed E-state index contributed by atoms with van der Waals surface area (Å²) >= 11 is 6.05. The van der Waals surface area contributed by atoms with Crippen LogP contribution in [0.25, 0.3) is 5.65 Å². The van der Waals surface area contributed by atoms with Gasteiger partial charge in [-0.1, -0.05) is 11.6 Å². The van der Waals surface area contributed by atoms with Crippen LogP contribution < -0.4 is 15.8 Å². The Hall–Kier alpha value is -3.34. The highest BCUT2D eigenvalue weighted by Crippen LogP contribution is 2.39. The Bertz CT molecular complexity index is 1310. The first kappa shape index (κ1) is 23.8. The molecular weight excluding hydrogens is 480 g/mol. The average molecular weight is 499 g/mol. The number of pyridine rings is 1. The highest BCUT2D eigenvalue weighted by molar-refractivity contribution is 6.30. The SMILES string of the molecule is O=C(O)c1cc(F)ccc1N[C@@H](c1cc(Cl)cn2c(=O)cc(N3CCCCC3)nc12)C(F)(F)F. The molecule has 1 aliphatic rings. The Labute approximate surface area is 195 Å². The minimum Gasteiger partial charge on any atom is -0.478 e. The molecule has 1 fully saturated rings. The van der Waals surface area contributed by atoms with Gasteiger partial charge in [0.25, 0.3) is 5.56 Å². The Balaban J connectivity index is 1.90. The second-order valence-electron chi connectivity index (χ2n) is 7.92. The van der Waals surface area contributed by atoms with Gasteiger partial charge in [0, 0.05) is 36.6 Å². The lowest BCUT2D eigenvalue weighted by Gasteiger charge is -2.28. The maximum absolute atomic E-state index is 14.3. The van der Waals surface area contributed by atoms with Crippen molar-refractivity contribution in [3.63, 3.8) is 0 Å². The number of carbonyl (C=O) groups is 1. The van der Waals surface area contributed by atoms with Gasteiger partial charge in [-0.15, -0.1) is 0 Å². The lowest BCUT2D eigenvalue weighted by molar-refractivity contribution is -0.143. The molecule has 3 heterocycles. The molecule has 0 bridgehead atoms. The average Bonchev–Trinajstić information content (AvgIpc) is 2.78. The number of fused-ring (bicyclic) bond motifs is 1. The number of anilines is 2. The fraction of sp³-hybridized carbons (Fsp3) is 0.318. The van der Waals surface area contributed by atoms with E-state index >= 15 is 0 Å². The van der Waals surface area contributed by atoms with Crippen LogP contribution in [-0.4, -0.2) is 39.7 Å². The van der Waals surface area contributed by atoms with E-state index in [1.807, 2.05) is 4.90 Å². The second-order valence-corrected chi connectivity index (χ2v) is 8.36. The zero-order valence-electron chi connectivity index (χ0n) is 17.6. The molecule has 1 aliphatic heterocycles.